The first-order valence-electron chi connectivity index (χ1n) is 9.66. The zero-order valence-electron chi connectivity index (χ0n) is 16.6. The van der Waals surface area contributed by atoms with E-state index in [4.69, 9.17) is 16.3 Å². The quantitative estimate of drug-likeness (QED) is 0.580. The molecule has 160 valence electrons. The number of nitrogens with zero attached hydrogens (tertiary/aromatic N) is 3. The summed E-state index contributed by atoms with van der Waals surface area (Å²) in [5, 5.41) is 21.6. The Bertz CT molecular complexity index is 1100. The number of nitriles is 1. The molecule has 0 saturated carbocycles. The van der Waals surface area contributed by atoms with E-state index in [-0.39, 0.29) is 18.1 Å². The van der Waals surface area contributed by atoms with Crippen LogP contribution in [0.25, 0.3) is 0 Å². The number of rotatable bonds is 4. The number of amides is 1. The van der Waals surface area contributed by atoms with Crippen LogP contribution in [-0.4, -0.2) is 35.1 Å². The van der Waals surface area contributed by atoms with E-state index in [0.29, 0.717) is 45.0 Å². The summed E-state index contributed by atoms with van der Waals surface area (Å²) in [7, 11) is 0. The second-order valence-electron chi connectivity index (χ2n) is 7.12. The number of carbonyl (C=O) groups is 1. The lowest BCUT2D eigenvalue weighted by Gasteiger charge is -2.42. The topological polar surface area (TPSA) is 76.8 Å². The van der Waals surface area contributed by atoms with E-state index in [1.807, 2.05) is 31.2 Å². The highest BCUT2D eigenvalue weighted by molar-refractivity contribution is 9.10. The molecule has 9 heteroatoms. The fourth-order valence-corrected chi connectivity index (χ4v) is 5.48. The van der Waals surface area contributed by atoms with Crippen LogP contribution in [0.1, 0.15) is 24.8 Å². The number of phenols is 1. The second kappa shape index (κ2) is 9.03. The summed E-state index contributed by atoms with van der Waals surface area (Å²) in [5.41, 5.74) is 2.28. The summed E-state index contributed by atoms with van der Waals surface area (Å²) in [6.45, 7) is 2.60. The molecule has 31 heavy (non-hydrogen) atoms. The van der Waals surface area contributed by atoms with E-state index >= 15 is 0 Å². The Balaban J connectivity index is 1.68. The van der Waals surface area contributed by atoms with Crippen molar-refractivity contribution in [3.63, 3.8) is 0 Å². The molecule has 0 aromatic heterocycles. The number of hydrogen-bond donors (Lipinski definition) is 1. The van der Waals surface area contributed by atoms with Crippen molar-refractivity contribution in [3.8, 4) is 17.6 Å². The minimum atomic E-state index is -0.394. The number of phenolic OH excluding ortho intramolecular Hbond substituents is 1. The molecular weight excluding hydrogens is 502 g/mol. The Labute approximate surface area is 198 Å². The van der Waals surface area contributed by atoms with Crippen LogP contribution in [0.4, 0.5) is 5.69 Å². The molecule has 0 bridgehead atoms. The highest BCUT2D eigenvalue weighted by Gasteiger charge is 2.38. The van der Waals surface area contributed by atoms with Crippen LogP contribution in [0.2, 0.25) is 5.02 Å². The summed E-state index contributed by atoms with van der Waals surface area (Å²) < 4.78 is 6.00. The fourth-order valence-electron chi connectivity index (χ4n) is 3.72. The van der Waals surface area contributed by atoms with E-state index in [1.54, 1.807) is 17.0 Å². The third-order valence-corrected chi connectivity index (χ3v) is 7.25. The van der Waals surface area contributed by atoms with Gasteiger partial charge in [0, 0.05) is 23.0 Å². The highest BCUT2D eigenvalue weighted by atomic mass is 79.9. The molecule has 1 N–H and O–H groups in total. The monoisotopic (exact) mass is 519 g/mol. The molecule has 4 rings (SSSR count). The van der Waals surface area contributed by atoms with Crippen LogP contribution in [0, 0.1) is 11.3 Å². The largest absolute Gasteiger partial charge is 0.503 e. The number of anilines is 1. The molecule has 2 aromatic rings. The van der Waals surface area contributed by atoms with Gasteiger partial charge in [-0.05, 0) is 64.8 Å². The first-order chi connectivity index (χ1) is 14.9. The molecule has 0 radical (unpaired) electrons. The smallest absolute Gasteiger partial charge is 0.229 e. The van der Waals surface area contributed by atoms with E-state index < -0.39 is 5.92 Å². The molecule has 1 fully saturated rings. The number of thioether (sulfide) groups is 1. The van der Waals surface area contributed by atoms with Crippen LogP contribution >= 0.6 is 39.3 Å². The number of aromatic hydroxyl groups is 1. The standard InChI is InChI=1S/C22H19BrClN3O3S/c1-2-30-19-8-13(7-18(23)21(19)29)16-9-20(28)27-11-26(12-31-22(27)17(16)10-25)15-5-3-14(24)4-6-15/h3-8,16,29H,2,9,11-12H2,1H3/t16-/m1/s1. The molecule has 0 unspecified atom stereocenters. The SMILES string of the molecule is CCOc1cc([C@H]2CC(=O)N3CN(c4ccc(Cl)cc4)CSC3=C2C#N)cc(Br)c1O. The average molecular weight is 521 g/mol. The van der Waals surface area contributed by atoms with Gasteiger partial charge in [-0.25, -0.2) is 0 Å². The van der Waals surface area contributed by atoms with Crippen LogP contribution in [0.5, 0.6) is 11.5 Å². The molecule has 0 aliphatic carbocycles. The Morgan fingerprint density at radius 2 is 2.10 bits per heavy atom. The number of ether oxygens (including phenoxy) is 1. The zero-order valence-corrected chi connectivity index (χ0v) is 19.8. The van der Waals surface area contributed by atoms with Crippen molar-refractivity contribution in [2.24, 2.45) is 0 Å². The molecule has 2 heterocycles. The second-order valence-corrected chi connectivity index (χ2v) is 9.35. The average Bonchev–Trinajstić information content (AvgIpc) is 2.77. The predicted molar refractivity (Wildman–Crippen MR) is 125 cm³/mol. The third-order valence-electron chi connectivity index (χ3n) is 5.24. The molecule has 1 amide bonds. The van der Waals surface area contributed by atoms with E-state index in [2.05, 4.69) is 26.9 Å². The molecule has 2 aliphatic heterocycles. The number of carbonyl (C=O) groups excluding carboxylic acids is 1. The van der Waals surface area contributed by atoms with Crippen LogP contribution in [0.3, 0.4) is 0 Å². The summed E-state index contributed by atoms with van der Waals surface area (Å²) in [5.74, 6) is 0.504. The maximum Gasteiger partial charge on any atom is 0.229 e. The minimum absolute atomic E-state index is 0.00571. The Kier molecular flexibility index (Phi) is 6.37. The fraction of sp³-hybridized carbons (Fsp3) is 0.273. The predicted octanol–water partition coefficient (Wildman–Crippen LogP) is 5.43. The van der Waals surface area contributed by atoms with Gasteiger partial charge in [0.1, 0.15) is 0 Å². The third kappa shape index (κ3) is 4.22. The maximum atomic E-state index is 13.1. The van der Waals surface area contributed by atoms with Gasteiger partial charge in [-0.15, -0.1) is 0 Å². The van der Waals surface area contributed by atoms with Gasteiger partial charge in [0.05, 0.1) is 40.3 Å². The van der Waals surface area contributed by atoms with Gasteiger partial charge in [0.2, 0.25) is 5.91 Å². The van der Waals surface area contributed by atoms with Gasteiger partial charge in [-0.3, -0.25) is 9.69 Å². The van der Waals surface area contributed by atoms with E-state index in [1.165, 1.54) is 11.8 Å². The van der Waals surface area contributed by atoms with Crippen LogP contribution in [0.15, 0.2) is 51.5 Å². The number of halogens is 2. The van der Waals surface area contributed by atoms with Crippen molar-refractivity contribution in [2.45, 2.75) is 19.3 Å². The van der Waals surface area contributed by atoms with Crippen LogP contribution in [-0.2, 0) is 4.79 Å². The zero-order chi connectivity index (χ0) is 22.1. The van der Waals surface area contributed by atoms with Crippen molar-refractivity contribution >= 4 is 50.9 Å². The lowest BCUT2D eigenvalue weighted by molar-refractivity contribution is -0.129. The van der Waals surface area contributed by atoms with Gasteiger partial charge in [0.15, 0.2) is 11.5 Å². The molecular formula is C22H19BrClN3O3S. The van der Waals surface area contributed by atoms with Crippen molar-refractivity contribution in [3.05, 3.63) is 62.1 Å². The summed E-state index contributed by atoms with van der Waals surface area (Å²) in [6.07, 6.45) is 0.171. The molecule has 0 spiro atoms. The minimum Gasteiger partial charge on any atom is -0.503 e. The molecule has 2 aromatic carbocycles. The number of fused-ring (bicyclic) bond motifs is 1. The summed E-state index contributed by atoms with van der Waals surface area (Å²) in [6, 6.07) is 13.3. The van der Waals surface area contributed by atoms with Gasteiger partial charge in [0.25, 0.3) is 0 Å². The van der Waals surface area contributed by atoms with Crippen molar-refractivity contribution < 1.29 is 14.6 Å². The van der Waals surface area contributed by atoms with Gasteiger partial charge in [-0.1, -0.05) is 23.4 Å². The van der Waals surface area contributed by atoms with E-state index in [9.17, 15) is 15.2 Å². The van der Waals surface area contributed by atoms with Crippen LogP contribution < -0.4 is 9.64 Å². The lowest BCUT2D eigenvalue weighted by atomic mass is 9.86. The molecule has 6 nitrogen and oxygen atoms in total. The molecule has 2 aliphatic rings. The van der Waals surface area contributed by atoms with Gasteiger partial charge in [-0.2, -0.15) is 5.26 Å². The number of benzene rings is 2. The summed E-state index contributed by atoms with van der Waals surface area (Å²) >= 11 is 10.8. The van der Waals surface area contributed by atoms with Gasteiger partial charge >= 0.3 is 0 Å². The molecule has 1 atom stereocenters. The lowest BCUT2D eigenvalue weighted by Crippen LogP contribution is -2.47. The first kappa shape index (κ1) is 21.9. The Hall–Kier alpha value is -2.34. The van der Waals surface area contributed by atoms with Crippen molar-refractivity contribution in [1.82, 2.24) is 4.90 Å². The van der Waals surface area contributed by atoms with Gasteiger partial charge < -0.3 is 14.7 Å². The number of allylic oxidation sites excluding steroid dienone is 1. The maximum absolute atomic E-state index is 13.1. The van der Waals surface area contributed by atoms with E-state index in [0.717, 1.165) is 11.3 Å². The Morgan fingerprint density at radius 3 is 2.77 bits per heavy atom. The summed E-state index contributed by atoms with van der Waals surface area (Å²) in [4.78, 5) is 16.8. The first-order valence-corrected chi connectivity index (χ1v) is 11.8. The Morgan fingerprint density at radius 1 is 1.35 bits per heavy atom. The van der Waals surface area contributed by atoms with Crippen molar-refractivity contribution in [1.29, 1.82) is 5.26 Å². The highest BCUT2D eigenvalue weighted by Crippen LogP contribution is 2.46. The molecule has 1 saturated heterocycles. The van der Waals surface area contributed by atoms with Crippen molar-refractivity contribution in [2.75, 3.05) is 24.1 Å². The number of hydrogen-bond acceptors (Lipinski definition) is 6. The normalized spacial score (nSPS) is 18.6.